The maximum absolute atomic E-state index is 13.0. The van der Waals surface area contributed by atoms with E-state index in [0.29, 0.717) is 5.69 Å². The fraction of sp³-hybridized carbons (Fsp3) is 0.217. The lowest BCUT2D eigenvalue weighted by Gasteiger charge is -2.10. The Balaban J connectivity index is 1.73. The van der Waals surface area contributed by atoms with Gasteiger partial charge in [0.25, 0.3) is 10.0 Å². The van der Waals surface area contributed by atoms with Crippen molar-refractivity contribution in [3.05, 3.63) is 61.2 Å². The minimum Gasteiger partial charge on any atom is -0.351 e. The lowest BCUT2D eigenvalue weighted by Crippen LogP contribution is -2.14. The number of benzene rings is 1. The monoisotopic (exact) mass is 448 g/mol. The number of fused-ring (bicyclic) bond motifs is 2. The van der Waals surface area contributed by atoms with Crippen molar-refractivity contribution in [2.24, 2.45) is 14.1 Å². The third-order valence-electron chi connectivity index (χ3n) is 5.68. The summed E-state index contributed by atoms with van der Waals surface area (Å²) in [6, 6.07) is 11.7. The Morgan fingerprint density at radius 3 is 2.56 bits per heavy atom. The number of nitrogens with one attached hydrogen (secondary N) is 1. The summed E-state index contributed by atoms with van der Waals surface area (Å²) in [6.07, 6.45) is 7.30. The highest BCUT2D eigenvalue weighted by Gasteiger charge is 2.22. The van der Waals surface area contributed by atoms with Gasteiger partial charge in [0.15, 0.2) is 5.03 Å². The van der Waals surface area contributed by atoms with Gasteiger partial charge in [-0.2, -0.15) is 13.5 Å². The van der Waals surface area contributed by atoms with Crippen LogP contribution in [0.2, 0.25) is 0 Å². The van der Waals surface area contributed by atoms with Gasteiger partial charge in [-0.1, -0.05) is 12.1 Å². The molecule has 5 aromatic rings. The SMILES string of the molecule is CC(C)n1cc(-c2ccc3ccn(C)c3c2)c2c(NS(=O)(=O)c3ccn(C)n3)ccnc21. The Morgan fingerprint density at radius 2 is 1.84 bits per heavy atom. The fourth-order valence-corrected chi connectivity index (χ4v) is 5.08. The zero-order valence-electron chi connectivity index (χ0n) is 18.3. The molecule has 0 bridgehead atoms. The fourth-order valence-electron chi connectivity index (χ4n) is 4.04. The van der Waals surface area contributed by atoms with E-state index in [0.717, 1.165) is 33.1 Å². The van der Waals surface area contributed by atoms with Gasteiger partial charge in [0.2, 0.25) is 0 Å². The normalized spacial score (nSPS) is 12.3. The van der Waals surface area contributed by atoms with Gasteiger partial charge in [-0.25, -0.2) is 4.98 Å². The summed E-state index contributed by atoms with van der Waals surface area (Å²) < 4.78 is 34.4. The molecular formula is C23H24N6O2S. The molecule has 0 aliphatic rings. The number of pyridine rings is 1. The highest BCUT2D eigenvalue weighted by molar-refractivity contribution is 7.92. The maximum atomic E-state index is 13.0. The zero-order valence-corrected chi connectivity index (χ0v) is 19.1. The molecule has 4 heterocycles. The van der Waals surface area contributed by atoms with Crippen molar-refractivity contribution in [1.29, 1.82) is 0 Å². The summed E-state index contributed by atoms with van der Waals surface area (Å²) in [4.78, 5) is 4.59. The third-order valence-corrected chi connectivity index (χ3v) is 6.93. The van der Waals surface area contributed by atoms with Crippen LogP contribution in [-0.4, -0.2) is 32.3 Å². The van der Waals surface area contributed by atoms with Crippen molar-refractivity contribution in [3.8, 4) is 11.1 Å². The summed E-state index contributed by atoms with van der Waals surface area (Å²) >= 11 is 0. The molecule has 0 aliphatic carbocycles. The van der Waals surface area contributed by atoms with E-state index in [1.54, 1.807) is 25.5 Å². The van der Waals surface area contributed by atoms with Crippen LogP contribution in [0, 0.1) is 0 Å². The molecule has 0 fully saturated rings. The van der Waals surface area contributed by atoms with E-state index in [1.807, 2.05) is 19.4 Å². The smallest absolute Gasteiger partial charge is 0.281 e. The standard InChI is InChI=1S/C23H24N6O2S/c1-15(2)29-14-18(17-6-5-16-8-11-27(3)20(16)13-17)22-19(7-10-24-23(22)29)26-32(30,31)21-9-12-28(4)25-21/h5-15H,1-4H3,(H,24,26). The lowest BCUT2D eigenvalue weighted by atomic mass is 10.0. The van der Waals surface area contributed by atoms with Crippen molar-refractivity contribution in [2.75, 3.05) is 4.72 Å². The molecule has 1 N–H and O–H groups in total. The second-order valence-electron chi connectivity index (χ2n) is 8.23. The third kappa shape index (κ3) is 3.25. The van der Waals surface area contributed by atoms with Crippen LogP contribution >= 0.6 is 0 Å². The van der Waals surface area contributed by atoms with Crippen molar-refractivity contribution >= 4 is 37.6 Å². The molecule has 0 amide bonds. The minimum absolute atomic E-state index is 0.0277. The first-order chi connectivity index (χ1) is 15.2. The maximum Gasteiger partial charge on any atom is 0.281 e. The molecule has 4 aromatic heterocycles. The first-order valence-electron chi connectivity index (χ1n) is 10.3. The van der Waals surface area contributed by atoms with Crippen LogP contribution in [0.5, 0.6) is 0 Å². The van der Waals surface area contributed by atoms with Gasteiger partial charge >= 0.3 is 0 Å². The summed E-state index contributed by atoms with van der Waals surface area (Å²) in [5, 5.41) is 5.93. The molecule has 0 saturated heterocycles. The molecule has 0 spiro atoms. The number of hydrogen-bond acceptors (Lipinski definition) is 4. The average molecular weight is 449 g/mol. The second-order valence-corrected chi connectivity index (χ2v) is 9.86. The molecule has 0 unspecified atom stereocenters. The Hall–Kier alpha value is -3.59. The number of nitrogens with zero attached hydrogens (tertiary/aromatic N) is 5. The number of aryl methyl sites for hydroxylation is 2. The van der Waals surface area contributed by atoms with E-state index in [4.69, 9.17) is 0 Å². The van der Waals surface area contributed by atoms with Gasteiger partial charge in [-0.15, -0.1) is 0 Å². The molecule has 0 radical (unpaired) electrons. The zero-order chi connectivity index (χ0) is 22.6. The predicted molar refractivity (Wildman–Crippen MR) is 126 cm³/mol. The molecule has 1 aromatic carbocycles. The Morgan fingerprint density at radius 1 is 1.03 bits per heavy atom. The van der Waals surface area contributed by atoms with E-state index in [-0.39, 0.29) is 11.1 Å². The number of sulfonamides is 1. The Labute approximate surface area is 186 Å². The first-order valence-corrected chi connectivity index (χ1v) is 11.8. The van der Waals surface area contributed by atoms with E-state index in [1.165, 1.54) is 10.7 Å². The van der Waals surface area contributed by atoms with Gasteiger partial charge < -0.3 is 9.13 Å². The second kappa shape index (κ2) is 7.23. The van der Waals surface area contributed by atoms with E-state index in [2.05, 4.69) is 62.1 Å². The van der Waals surface area contributed by atoms with Gasteiger partial charge in [0.1, 0.15) is 5.65 Å². The number of anilines is 1. The number of aromatic nitrogens is 5. The highest BCUT2D eigenvalue weighted by atomic mass is 32.2. The van der Waals surface area contributed by atoms with Crippen molar-refractivity contribution < 1.29 is 8.42 Å². The van der Waals surface area contributed by atoms with E-state index >= 15 is 0 Å². The molecule has 0 saturated carbocycles. The van der Waals surface area contributed by atoms with Crippen molar-refractivity contribution in [1.82, 2.24) is 23.9 Å². The van der Waals surface area contributed by atoms with E-state index in [9.17, 15) is 8.42 Å². The van der Waals surface area contributed by atoms with Crippen molar-refractivity contribution in [2.45, 2.75) is 24.9 Å². The van der Waals surface area contributed by atoms with Crippen LogP contribution in [0.4, 0.5) is 5.69 Å². The molecular weight excluding hydrogens is 424 g/mol. The lowest BCUT2D eigenvalue weighted by molar-refractivity contribution is 0.593. The van der Waals surface area contributed by atoms with Crippen LogP contribution in [0.25, 0.3) is 33.1 Å². The number of hydrogen-bond donors (Lipinski definition) is 1. The Bertz CT molecular complexity index is 1570. The molecule has 164 valence electrons. The Kier molecular flexibility index (Phi) is 4.59. The van der Waals surface area contributed by atoms with Gasteiger partial charge in [-0.05, 0) is 49.1 Å². The molecule has 0 aliphatic heterocycles. The van der Waals surface area contributed by atoms with Crippen LogP contribution in [0.3, 0.4) is 0 Å². The van der Waals surface area contributed by atoms with Gasteiger partial charge in [-0.3, -0.25) is 9.40 Å². The first kappa shape index (κ1) is 20.3. The highest BCUT2D eigenvalue weighted by Crippen LogP contribution is 2.38. The molecule has 9 heteroatoms. The predicted octanol–water partition coefficient (Wildman–Crippen LogP) is 4.31. The minimum atomic E-state index is -3.85. The quantitative estimate of drug-likeness (QED) is 0.434. The summed E-state index contributed by atoms with van der Waals surface area (Å²) in [6.45, 7) is 4.16. The van der Waals surface area contributed by atoms with Gasteiger partial charge in [0.05, 0.1) is 11.1 Å². The van der Waals surface area contributed by atoms with Crippen LogP contribution < -0.4 is 4.72 Å². The molecule has 32 heavy (non-hydrogen) atoms. The number of rotatable bonds is 5. The summed E-state index contributed by atoms with van der Waals surface area (Å²) in [5.41, 5.74) is 4.22. The van der Waals surface area contributed by atoms with Crippen LogP contribution in [0.1, 0.15) is 19.9 Å². The van der Waals surface area contributed by atoms with Crippen molar-refractivity contribution in [3.63, 3.8) is 0 Å². The topological polar surface area (TPSA) is 86.7 Å². The summed E-state index contributed by atoms with van der Waals surface area (Å²) in [7, 11) is -0.153. The van der Waals surface area contributed by atoms with Crippen LogP contribution in [-0.2, 0) is 24.1 Å². The van der Waals surface area contributed by atoms with E-state index < -0.39 is 10.0 Å². The molecule has 8 nitrogen and oxygen atoms in total. The van der Waals surface area contributed by atoms with Crippen LogP contribution in [0.15, 0.2) is 66.2 Å². The molecule has 0 atom stereocenters. The average Bonchev–Trinajstić information content (AvgIpc) is 3.45. The molecule has 5 rings (SSSR count). The summed E-state index contributed by atoms with van der Waals surface area (Å²) in [5.74, 6) is 0. The van der Waals surface area contributed by atoms with Gasteiger partial charge in [0, 0.05) is 56.0 Å². The largest absolute Gasteiger partial charge is 0.351 e.